The molecular formula is C7H5F2N. The van der Waals surface area contributed by atoms with E-state index in [4.69, 9.17) is 6.57 Å². The van der Waals surface area contributed by atoms with Crippen LogP contribution in [0.1, 0.15) is 13.3 Å². The van der Waals surface area contributed by atoms with Crippen molar-refractivity contribution in [1.29, 1.82) is 0 Å². The van der Waals surface area contributed by atoms with Gasteiger partial charge in [0, 0.05) is 6.42 Å². The van der Waals surface area contributed by atoms with Crippen molar-refractivity contribution in [1.82, 2.24) is 0 Å². The molecule has 0 spiro atoms. The smallest absolute Gasteiger partial charge is 0.233 e. The predicted octanol–water partition coefficient (Wildman–Crippen LogP) is 2.43. The average Bonchev–Trinajstić information content (AvgIpc) is 1.98. The Morgan fingerprint density at radius 3 is 2.60 bits per heavy atom. The van der Waals surface area contributed by atoms with Crippen molar-refractivity contribution in [3.05, 3.63) is 23.2 Å². The van der Waals surface area contributed by atoms with Crippen molar-refractivity contribution < 1.29 is 8.78 Å². The Labute approximate surface area is 58.2 Å². The first-order valence-electron chi connectivity index (χ1n) is 2.64. The van der Waals surface area contributed by atoms with Crippen LogP contribution in [0.2, 0.25) is 0 Å². The van der Waals surface area contributed by atoms with Gasteiger partial charge in [-0.1, -0.05) is 12.8 Å². The monoisotopic (exact) mass is 141 g/mol. The minimum Gasteiger partial charge on any atom is -0.233 e. The summed E-state index contributed by atoms with van der Waals surface area (Å²) >= 11 is 0. The molecule has 0 radical (unpaired) electrons. The van der Waals surface area contributed by atoms with Gasteiger partial charge in [0.15, 0.2) is 0 Å². The maximum absolute atomic E-state index is 12.1. The van der Waals surface area contributed by atoms with Crippen LogP contribution >= 0.6 is 0 Å². The van der Waals surface area contributed by atoms with E-state index in [1.54, 1.807) is 6.92 Å². The highest BCUT2D eigenvalue weighted by Gasteiger charge is 1.99. The highest BCUT2D eigenvalue weighted by Crippen LogP contribution is 2.06. The van der Waals surface area contributed by atoms with Gasteiger partial charge in [-0.25, -0.2) is 13.6 Å². The van der Waals surface area contributed by atoms with Crippen LogP contribution in [0, 0.1) is 18.4 Å². The minimum absolute atomic E-state index is 0.443. The molecule has 0 atom stereocenters. The molecule has 0 unspecified atom stereocenters. The normalized spacial score (nSPS) is 10.6. The molecule has 0 aliphatic carbocycles. The van der Waals surface area contributed by atoms with Gasteiger partial charge in [-0.05, 0) is 5.92 Å². The molecule has 0 aromatic rings. The molecule has 3 heteroatoms. The highest BCUT2D eigenvalue weighted by atomic mass is 19.2. The molecular weight excluding hydrogens is 136 g/mol. The fraction of sp³-hybridized carbons (Fsp3) is 0.286. The lowest BCUT2D eigenvalue weighted by Gasteiger charge is -1.78. The summed E-state index contributed by atoms with van der Waals surface area (Å²) in [6, 6.07) is 0. The highest BCUT2D eigenvalue weighted by molar-refractivity contribution is 5.27. The number of allylic oxidation sites excluding steroid dienone is 1. The van der Waals surface area contributed by atoms with E-state index in [1.807, 2.05) is 5.92 Å². The third kappa shape index (κ3) is 2.84. The molecule has 0 saturated heterocycles. The fourth-order valence-corrected chi connectivity index (χ4v) is 0.267. The summed E-state index contributed by atoms with van der Waals surface area (Å²) in [5, 5.41) is 0. The molecule has 0 fully saturated rings. The lowest BCUT2D eigenvalue weighted by Crippen LogP contribution is -1.69. The Bertz CT molecular complexity index is 237. The van der Waals surface area contributed by atoms with E-state index in [-0.39, 0.29) is 0 Å². The number of rotatable bonds is 0. The van der Waals surface area contributed by atoms with Crippen molar-refractivity contribution in [3.63, 3.8) is 0 Å². The lowest BCUT2D eigenvalue weighted by molar-refractivity contribution is 0.577. The molecule has 0 amide bonds. The van der Waals surface area contributed by atoms with Gasteiger partial charge in [0.1, 0.15) is 0 Å². The molecule has 10 heavy (non-hydrogen) atoms. The Morgan fingerprint density at radius 2 is 2.20 bits per heavy atom. The van der Waals surface area contributed by atoms with E-state index in [0.29, 0.717) is 6.42 Å². The third-order valence-corrected chi connectivity index (χ3v) is 0.654. The first-order valence-corrected chi connectivity index (χ1v) is 2.64. The maximum Gasteiger partial charge on any atom is 0.375 e. The van der Waals surface area contributed by atoms with Crippen LogP contribution in [0.15, 0.2) is 11.8 Å². The largest absolute Gasteiger partial charge is 0.375 e. The van der Waals surface area contributed by atoms with Gasteiger partial charge in [-0.15, -0.1) is 0 Å². The number of hydrogen-bond acceptors (Lipinski definition) is 0. The molecule has 0 aliphatic rings. The summed E-state index contributed by atoms with van der Waals surface area (Å²) < 4.78 is 24.0. The summed E-state index contributed by atoms with van der Waals surface area (Å²) in [6.07, 6.45) is 0.443. The quantitative estimate of drug-likeness (QED) is 0.277. The van der Waals surface area contributed by atoms with E-state index in [9.17, 15) is 8.78 Å². The minimum atomic E-state index is -1.47. The Kier molecular flexibility index (Phi) is 3.91. The topological polar surface area (TPSA) is 4.36 Å². The van der Waals surface area contributed by atoms with E-state index in [2.05, 4.69) is 10.8 Å². The van der Waals surface area contributed by atoms with Crippen LogP contribution < -0.4 is 0 Å². The van der Waals surface area contributed by atoms with Gasteiger partial charge < -0.3 is 0 Å². The van der Waals surface area contributed by atoms with Gasteiger partial charge in [0.2, 0.25) is 5.83 Å². The Morgan fingerprint density at radius 1 is 1.60 bits per heavy atom. The van der Waals surface area contributed by atoms with E-state index < -0.39 is 11.8 Å². The van der Waals surface area contributed by atoms with Crippen molar-refractivity contribution >= 4 is 0 Å². The molecule has 0 bridgehead atoms. The zero-order valence-electron chi connectivity index (χ0n) is 5.41. The van der Waals surface area contributed by atoms with Crippen LogP contribution in [-0.2, 0) is 0 Å². The van der Waals surface area contributed by atoms with Gasteiger partial charge in [0.25, 0.3) is 0 Å². The number of halogens is 2. The van der Waals surface area contributed by atoms with Crippen molar-refractivity contribution in [3.8, 4) is 11.8 Å². The zero-order chi connectivity index (χ0) is 7.98. The molecule has 52 valence electrons. The van der Waals surface area contributed by atoms with Gasteiger partial charge >= 0.3 is 5.95 Å². The average molecular weight is 141 g/mol. The second-order valence-electron chi connectivity index (χ2n) is 1.37. The van der Waals surface area contributed by atoms with Gasteiger partial charge in [-0.2, -0.15) is 0 Å². The summed E-state index contributed by atoms with van der Waals surface area (Å²) in [7, 11) is 0. The number of nitrogens with zero attached hydrogens (tertiary/aromatic N) is 1. The second kappa shape index (κ2) is 4.52. The molecule has 0 aliphatic heterocycles. The van der Waals surface area contributed by atoms with Crippen LogP contribution in [0.25, 0.3) is 4.85 Å². The van der Waals surface area contributed by atoms with Gasteiger partial charge in [0.05, 0.1) is 6.57 Å². The molecule has 0 aromatic heterocycles. The van der Waals surface area contributed by atoms with E-state index in [1.165, 1.54) is 0 Å². The van der Waals surface area contributed by atoms with Crippen LogP contribution in [-0.4, -0.2) is 0 Å². The first-order chi connectivity index (χ1) is 4.72. The first kappa shape index (κ1) is 8.65. The van der Waals surface area contributed by atoms with Crippen LogP contribution in [0.3, 0.4) is 0 Å². The van der Waals surface area contributed by atoms with Crippen molar-refractivity contribution in [2.24, 2.45) is 0 Å². The number of hydrogen-bond donors (Lipinski definition) is 0. The van der Waals surface area contributed by atoms with Gasteiger partial charge in [-0.3, -0.25) is 0 Å². The molecule has 0 saturated carbocycles. The molecule has 0 rings (SSSR count). The SMILES string of the molecule is [C-]#[N+]/C(F)=C(\F)C#CCC. The molecule has 1 nitrogen and oxygen atoms in total. The summed E-state index contributed by atoms with van der Waals surface area (Å²) in [4.78, 5) is 2.23. The van der Waals surface area contributed by atoms with E-state index in [0.717, 1.165) is 0 Å². The molecule has 0 aromatic carbocycles. The lowest BCUT2D eigenvalue weighted by atomic mass is 10.4. The second-order valence-corrected chi connectivity index (χ2v) is 1.37. The van der Waals surface area contributed by atoms with Crippen LogP contribution in [0.5, 0.6) is 0 Å². The third-order valence-electron chi connectivity index (χ3n) is 0.654. The zero-order valence-corrected chi connectivity index (χ0v) is 5.41. The molecule has 0 N–H and O–H groups in total. The van der Waals surface area contributed by atoms with E-state index >= 15 is 0 Å². The Hall–Kier alpha value is -1.35. The molecule has 0 heterocycles. The Balaban J connectivity index is 4.37. The predicted molar refractivity (Wildman–Crippen MR) is 33.9 cm³/mol. The summed E-state index contributed by atoms with van der Waals surface area (Å²) in [6.45, 7) is 7.76. The van der Waals surface area contributed by atoms with Crippen molar-refractivity contribution in [2.45, 2.75) is 13.3 Å². The van der Waals surface area contributed by atoms with Crippen LogP contribution in [0.4, 0.5) is 8.78 Å². The summed E-state index contributed by atoms with van der Waals surface area (Å²) in [5.74, 6) is 1.40. The summed E-state index contributed by atoms with van der Waals surface area (Å²) in [5.41, 5.74) is 0. The maximum atomic E-state index is 12.1. The van der Waals surface area contributed by atoms with Crippen molar-refractivity contribution in [2.75, 3.05) is 0 Å². The fourth-order valence-electron chi connectivity index (χ4n) is 0.267. The standard InChI is InChI=1S/C7H5F2N/c1-3-4-5-6(8)7(9)10-2/h3H2,1H3/b7-6-.